The van der Waals surface area contributed by atoms with Gasteiger partial charge in [0, 0.05) is 5.56 Å². The first-order valence-electron chi connectivity index (χ1n) is 7.30. The molecule has 3 rings (SSSR count). The Morgan fingerprint density at radius 1 is 1.12 bits per heavy atom. The molecule has 0 saturated carbocycles. The normalized spacial score (nSPS) is 10.6. The number of anilines is 1. The quantitative estimate of drug-likeness (QED) is 0.700. The van der Waals surface area contributed by atoms with Gasteiger partial charge in [0.25, 0.3) is 0 Å². The number of hydrogen-bond acceptors (Lipinski definition) is 3. The maximum Gasteiger partial charge on any atom is 0.230 e. The molecule has 1 heterocycles. The Labute approximate surface area is 149 Å². The van der Waals surface area contributed by atoms with Crippen LogP contribution in [0.2, 0.25) is 10.0 Å². The summed E-state index contributed by atoms with van der Waals surface area (Å²) in [6, 6.07) is 14.6. The molecule has 0 aliphatic rings. The fraction of sp³-hybridized carbons (Fsp3) is 0.111. The highest BCUT2D eigenvalue weighted by Gasteiger charge is 2.15. The highest BCUT2D eigenvalue weighted by Crippen LogP contribution is 2.29. The zero-order valence-corrected chi connectivity index (χ0v) is 14.4. The first-order chi connectivity index (χ1) is 11.5. The van der Waals surface area contributed by atoms with Gasteiger partial charge in [0.2, 0.25) is 11.8 Å². The van der Waals surface area contributed by atoms with E-state index in [1.165, 1.54) is 0 Å². The van der Waals surface area contributed by atoms with Gasteiger partial charge in [-0.25, -0.2) is 4.98 Å². The third kappa shape index (κ3) is 3.61. The van der Waals surface area contributed by atoms with Crippen molar-refractivity contribution < 1.29 is 9.21 Å². The van der Waals surface area contributed by atoms with Crippen LogP contribution in [0.25, 0.3) is 11.5 Å². The third-order valence-electron chi connectivity index (χ3n) is 3.47. The lowest BCUT2D eigenvalue weighted by atomic mass is 10.2. The SMILES string of the molecule is Cc1oc(-c2ccccc2)nc1CC(=O)Nc1cccc(Cl)c1Cl. The Morgan fingerprint density at radius 2 is 1.88 bits per heavy atom. The van der Waals surface area contributed by atoms with Crippen LogP contribution in [0, 0.1) is 6.92 Å². The Kier molecular flexibility index (Phi) is 4.88. The minimum absolute atomic E-state index is 0.0883. The second-order valence-electron chi connectivity index (χ2n) is 5.21. The lowest BCUT2D eigenvalue weighted by molar-refractivity contribution is -0.115. The number of carbonyl (C=O) groups excluding carboxylic acids is 1. The van der Waals surface area contributed by atoms with Crippen LogP contribution in [-0.2, 0) is 11.2 Å². The minimum Gasteiger partial charge on any atom is -0.441 e. The molecule has 122 valence electrons. The molecule has 0 fully saturated rings. The average molecular weight is 361 g/mol. The summed E-state index contributed by atoms with van der Waals surface area (Å²) in [6.45, 7) is 1.79. The predicted octanol–water partition coefficient (Wildman–Crippen LogP) is 5.14. The van der Waals surface area contributed by atoms with Gasteiger partial charge >= 0.3 is 0 Å². The topological polar surface area (TPSA) is 55.1 Å². The van der Waals surface area contributed by atoms with E-state index in [1.807, 2.05) is 30.3 Å². The van der Waals surface area contributed by atoms with Crippen molar-refractivity contribution in [3.05, 3.63) is 70.0 Å². The second kappa shape index (κ2) is 7.07. The molecule has 6 heteroatoms. The van der Waals surface area contributed by atoms with Crippen molar-refractivity contribution >= 4 is 34.8 Å². The predicted molar refractivity (Wildman–Crippen MR) is 95.5 cm³/mol. The summed E-state index contributed by atoms with van der Waals surface area (Å²) in [4.78, 5) is 16.7. The molecule has 0 spiro atoms. The molecule has 0 aliphatic carbocycles. The number of amides is 1. The van der Waals surface area contributed by atoms with E-state index >= 15 is 0 Å². The fourth-order valence-corrected chi connectivity index (χ4v) is 2.59. The molecule has 1 amide bonds. The Bertz CT molecular complexity index is 876. The van der Waals surface area contributed by atoms with Crippen molar-refractivity contribution in [1.82, 2.24) is 4.98 Å². The lowest BCUT2D eigenvalue weighted by Gasteiger charge is -2.07. The van der Waals surface area contributed by atoms with Crippen molar-refractivity contribution in [1.29, 1.82) is 0 Å². The zero-order chi connectivity index (χ0) is 17.1. The van der Waals surface area contributed by atoms with Crippen molar-refractivity contribution in [2.75, 3.05) is 5.32 Å². The van der Waals surface area contributed by atoms with Crippen LogP contribution >= 0.6 is 23.2 Å². The van der Waals surface area contributed by atoms with Crippen LogP contribution in [0.5, 0.6) is 0 Å². The summed E-state index contributed by atoms with van der Waals surface area (Å²) < 4.78 is 5.66. The van der Waals surface area contributed by atoms with Gasteiger partial charge < -0.3 is 9.73 Å². The Morgan fingerprint density at radius 3 is 2.62 bits per heavy atom. The molecule has 4 nitrogen and oxygen atoms in total. The van der Waals surface area contributed by atoms with Crippen molar-refractivity contribution in [2.45, 2.75) is 13.3 Å². The van der Waals surface area contributed by atoms with Gasteiger partial charge in [-0.3, -0.25) is 4.79 Å². The first-order valence-corrected chi connectivity index (χ1v) is 8.06. The lowest BCUT2D eigenvalue weighted by Crippen LogP contribution is -2.15. The van der Waals surface area contributed by atoms with Crippen molar-refractivity contribution in [3.63, 3.8) is 0 Å². The van der Waals surface area contributed by atoms with Crippen LogP contribution < -0.4 is 5.32 Å². The zero-order valence-electron chi connectivity index (χ0n) is 12.8. The average Bonchev–Trinajstić information content (AvgIpc) is 2.93. The van der Waals surface area contributed by atoms with E-state index in [2.05, 4.69) is 10.3 Å². The van der Waals surface area contributed by atoms with Crippen LogP contribution in [0.1, 0.15) is 11.5 Å². The molecule has 0 radical (unpaired) electrons. The minimum atomic E-state index is -0.241. The highest BCUT2D eigenvalue weighted by molar-refractivity contribution is 6.43. The monoisotopic (exact) mass is 360 g/mol. The van der Waals surface area contributed by atoms with E-state index in [0.717, 1.165) is 5.56 Å². The molecule has 1 aromatic heterocycles. The third-order valence-corrected chi connectivity index (χ3v) is 4.29. The standard InChI is InChI=1S/C18H14Cl2N2O2/c1-11-15(22-18(24-11)12-6-3-2-4-7-12)10-16(23)21-14-9-5-8-13(19)17(14)20/h2-9H,10H2,1H3,(H,21,23). The highest BCUT2D eigenvalue weighted by atomic mass is 35.5. The number of aromatic nitrogens is 1. The van der Waals surface area contributed by atoms with E-state index in [1.54, 1.807) is 25.1 Å². The molecular formula is C18H14Cl2N2O2. The number of nitrogens with one attached hydrogen (secondary N) is 1. The van der Waals surface area contributed by atoms with Gasteiger partial charge in [-0.1, -0.05) is 47.5 Å². The van der Waals surface area contributed by atoms with E-state index in [-0.39, 0.29) is 12.3 Å². The maximum atomic E-state index is 12.2. The molecule has 0 unspecified atom stereocenters. The van der Waals surface area contributed by atoms with E-state index in [0.29, 0.717) is 33.1 Å². The Balaban J connectivity index is 1.75. The summed E-state index contributed by atoms with van der Waals surface area (Å²) in [5.74, 6) is 0.869. The Hall–Kier alpha value is -2.30. The summed E-state index contributed by atoms with van der Waals surface area (Å²) in [7, 11) is 0. The number of oxazole rings is 1. The van der Waals surface area contributed by atoms with Gasteiger partial charge in [0.15, 0.2) is 0 Å². The summed E-state index contributed by atoms with van der Waals surface area (Å²) >= 11 is 12.0. The van der Waals surface area contributed by atoms with E-state index < -0.39 is 0 Å². The maximum absolute atomic E-state index is 12.2. The number of nitrogens with zero attached hydrogens (tertiary/aromatic N) is 1. The van der Waals surface area contributed by atoms with Gasteiger partial charge in [-0.2, -0.15) is 0 Å². The summed E-state index contributed by atoms with van der Waals surface area (Å²) in [6.07, 6.45) is 0.0883. The summed E-state index contributed by atoms with van der Waals surface area (Å²) in [5.41, 5.74) is 1.92. The van der Waals surface area contributed by atoms with E-state index in [4.69, 9.17) is 27.6 Å². The smallest absolute Gasteiger partial charge is 0.230 e. The number of hydrogen-bond donors (Lipinski definition) is 1. The molecule has 0 aliphatic heterocycles. The first kappa shape index (κ1) is 16.6. The van der Waals surface area contributed by atoms with Gasteiger partial charge in [-0.15, -0.1) is 0 Å². The molecule has 24 heavy (non-hydrogen) atoms. The van der Waals surface area contributed by atoms with Crippen molar-refractivity contribution in [2.24, 2.45) is 0 Å². The molecule has 3 aromatic rings. The van der Waals surface area contributed by atoms with Crippen LogP contribution in [0.3, 0.4) is 0 Å². The van der Waals surface area contributed by atoms with Gasteiger partial charge in [0.05, 0.1) is 27.8 Å². The fourth-order valence-electron chi connectivity index (χ4n) is 2.24. The molecule has 0 atom stereocenters. The van der Waals surface area contributed by atoms with Gasteiger partial charge in [-0.05, 0) is 31.2 Å². The second-order valence-corrected chi connectivity index (χ2v) is 6.00. The van der Waals surface area contributed by atoms with Gasteiger partial charge in [0.1, 0.15) is 5.76 Å². The summed E-state index contributed by atoms with van der Waals surface area (Å²) in [5, 5.41) is 3.44. The number of halogens is 2. The number of benzene rings is 2. The van der Waals surface area contributed by atoms with E-state index in [9.17, 15) is 4.79 Å². The number of aryl methyl sites for hydroxylation is 1. The van der Waals surface area contributed by atoms with Crippen molar-refractivity contribution in [3.8, 4) is 11.5 Å². The van der Waals surface area contributed by atoms with Crippen LogP contribution in [-0.4, -0.2) is 10.9 Å². The number of rotatable bonds is 4. The number of carbonyl (C=O) groups is 1. The molecule has 1 N–H and O–H groups in total. The molecule has 0 saturated heterocycles. The molecule has 0 bridgehead atoms. The van der Waals surface area contributed by atoms with Crippen LogP contribution in [0.15, 0.2) is 52.9 Å². The molecule has 2 aromatic carbocycles. The largest absolute Gasteiger partial charge is 0.441 e. The van der Waals surface area contributed by atoms with Crippen LogP contribution in [0.4, 0.5) is 5.69 Å². The molecular weight excluding hydrogens is 347 g/mol.